The van der Waals surface area contributed by atoms with Crippen LogP contribution in [0.4, 0.5) is 0 Å². The predicted molar refractivity (Wildman–Crippen MR) is 64.7 cm³/mol. The summed E-state index contributed by atoms with van der Waals surface area (Å²) in [5.41, 5.74) is 2.09. The summed E-state index contributed by atoms with van der Waals surface area (Å²) in [6, 6.07) is 0. The molecule has 0 bridgehead atoms. The molecule has 0 saturated heterocycles. The molecule has 1 aromatic rings. The molecule has 92 valence electrons. The van der Waals surface area contributed by atoms with Crippen LogP contribution in [-0.2, 0) is 23.6 Å². The van der Waals surface area contributed by atoms with Crippen LogP contribution in [0.15, 0.2) is 0 Å². The minimum absolute atomic E-state index is 0.445. The fourth-order valence-corrected chi connectivity index (χ4v) is 1.83. The third kappa shape index (κ3) is 3.76. The lowest BCUT2D eigenvalue weighted by molar-refractivity contribution is 0.140. The van der Waals surface area contributed by atoms with E-state index >= 15 is 0 Å². The van der Waals surface area contributed by atoms with Crippen LogP contribution in [0.5, 0.6) is 0 Å². The maximum Gasteiger partial charge on any atom is 0.101 e. The van der Waals surface area contributed by atoms with Gasteiger partial charge in [0.2, 0.25) is 0 Å². The van der Waals surface area contributed by atoms with Gasteiger partial charge < -0.3 is 4.74 Å². The number of hydrogen-bond acceptors (Lipinski definition) is 3. The van der Waals surface area contributed by atoms with Gasteiger partial charge in [0, 0.05) is 19.8 Å². The summed E-state index contributed by atoms with van der Waals surface area (Å²) < 4.78 is 7.26. The molecule has 5 heteroatoms. The van der Waals surface area contributed by atoms with Crippen molar-refractivity contribution in [2.75, 3.05) is 13.2 Å². The molecule has 0 atom stereocenters. The number of nitrogens with zero attached hydrogens (tertiary/aromatic N) is 3. The van der Waals surface area contributed by atoms with Gasteiger partial charge in [-0.25, -0.2) is 4.68 Å². The highest BCUT2D eigenvalue weighted by atomic mass is 35.5. The monoisotopic (exact) mass is 245 g/mol. The van der Waals surface area contributed by atoms with Gasteiger partial charge in [-0.1, -0.05) is 18.6 Å². The Morgan fingerprint density at radius 1 is 1.38 bits per heavy atom. The Balaban J connectivity index is 2.53. The lowest BCUT2D eigenvalue weighted by atomic mass is 10.2. The van der Waals surface area contributed by atoms with Crippen molar-refractivity contribution in [1.29, 1.82) is 0 Å². The van der Waals surface area contributed by atoms with Crippen LogP contribution < -0.4 is 0 Å². The molecule has 0 unspecified atom stereocenters. The van der Waals surface area contributed by atoms with Crippen molar-refractivity contribution in [2.24, 2.45) is 0 Å². The van der Waals surface area contributed by atoms with Gasteiger partial charge in [-0.3, -0.25) is 0 Å². The average molecular weight is 246 g/mol. The zero-order chi connectivity index (χ0) is 11.8. The molecule has 0 aliphatic heterocycles. The van der Waals surface area contributed by atoms with Gasteiger partial charge >= 0.3 is 0 Å². The van der Waals surface area contributed by atoms with Crippen LogP contribution in [0.3, 0.4) is 0 Å². The summed E-state index contributed by atoms with van der Waals surface area (Å²) >= 11 is 5.82. The summed E-state index contributed by atoms with van der Waals surface area (Å²) in [5, 5.41) is 8.22. The fraction of sp³-hybridized carbons (Fsp3) is 0.818. The van der Waals surface area contributed by atoms with Crippen molar-refractivity contribution in [3.8, 4) is 0 Å². The molecular formula is C11H20ClN3O. The molecule has 0 aliphatic rings. The van der Waals surface area contributed by atoms with Crippen LogP contribution in [0.1, 0.15) is 38.1 Å². The van der Waals surface area contributed by atoms with E-state index in [0.717, 1.165) is 44.7 Å². The molecule has 1 aromatic heterocycles. The third-order valence-corrected chi connectivity index (χ3v) is 2.65. The van der Waals surface area contributed by atoms with Crippen molar-refractivity contribution >= 4 is 11.6 Å². The standard InChI is InChI=1S/C11H20ClN3O/c1-3-6-11-10(9-12)13-14-15(11)7-5-8-16-4-2/h3-9H2,1-2H3. The molecule has 0 radical (unpaired) electrons. The molecule has 0 saturated carbocycles. The molecule has 0 amide bonds. The highest BCUT2D eigenvalue weighted by molar-refractivity contribution is 6.16. The first-order valence-electron chi connectivity index (χ1n) is 5.88. The Labute approximate surface area is 102 Å². The molecule has 1 rings (SSSR count). The SMILES string of the molecule is CCCc1c(CCl)nnn1CCCOCC. The van der Waals surface area contributed by atoms with Gasteiger partial charge in [-0.05, 0) is 19.8 Å². The Morgan fingerprint density at radius 2 is 2.19 bits per heavy atom. The normalized spacial score (nSPS) is 10.9. The molecule has 0 fully saturated rings. The number of ether oxygens (including phenoxy) is 1. The van der Waals surface area contributed by atoms with Gasteiger partial charge in [0.25, 0.3) is 0 Å². The molecule has 0 N–H and O–H groups in total. The fourth-order valence-electron chi connectivity index (χ4n) is 1.62. The third-order valence-electron chi connectivity index (χ3n) is 2.39. The minimum Gasteiger partial charge on any atom is -0.382 e. The van der Waals surface area contributed by atoms with E-state index in [2.05, 4.69) is 17.2 Å². The number of aromatic nitrogens is 3. The maximum atomic E-state index is 5.82. The number of aryl methyl sites for hydroxylation is 1. The zero-order valence-corrected chi connectivity index (χ0v) is 10.8. The van der Waals surface area contributed by atoms with Gasteiger partial charge in [-0.15, -0.1) is 16.7 Å². The highest BCUT2D eigenvalue weighted by Crippen LogP contribution is 2.11. The van der Waals surface area contributed by atoms with Crippen LogP contribution in [0, 0.1) is 0 Å². The summed E-state index contributed by atoms with van der Waals surface area (Å²) in [6.07, 6.45) is 3.04. The molecule has 0 spiro atoms. The van der Waals surface area contributed by atoms with Gasteiger partial charge in [0.1, 0.15) is 5.69 Å². The van der Waals surface area contributed by atoms with Gasteiger partial charge in [0.05, 0.1) is 11.6 Å². The summed E-state index contributed by atoms with van der Waals surface area (Å²) in [5.74, 6) is 0.445. The number of alkyl halides is 1. The van der Waals surface area contributed by atoms with Crippen molar-refractivity contribution in [1.82, 2.24) is 15.0 Å². The minimum atomic E-state index is 0.445. The molecule has 0 aliphatic carbocycles. The molecule has 1 heterocycles. The van der Waals surface area contributed by atoms with Gasteiger partial charge in [0.15, 0.2) is 0 Å². The van der Waals surface area contributed by atoms with Crippen LogP contribution in [-0.4, -0.2) is 28.2 Å². The Bertz CT molecular complexity index is 301. The number of rotatable bonds is 8. The molecule has 4 nitrogen and oxygen atoms in total. The van der Waals surface area contributed by atoms with Gasteiger partial charge in [-0.2, -0.15) is 0 Å². The second-order valence-electron chi connectivity index (χ2n) is 3.64. The first-order valence-corrected chi connectivity index (χ1v) is 6.41. The summed E-state index contributed by atoms with van der Waals surface area (Å²) in [6.45, 7) is 6.56. The Hall–Kier alpha value is -0.610. The van der Waals surface area contributed by atoms with Crippen molar-refractivity contribution in [2.45, 2.75) is 45.5 Å². The Morgan fingerprint density at radius 3 is 2.81 bits per heavy atom. The lowest BCUT2D eigenvalue weighted by Crippen LogP contribution is -2.08. The topological polar surface area (TPSA) is 39.9 Å². The molecule has 16 heavy (non-hydrogen) atoms. The number of hydrogen-bond donors (Lipinski definition) is 0. The lowest BCUT2D eigenvalue weighted by Gasteiger charge is -2.06. The maximum absolute atomic E-state index is 5.82. The van der Waals surface area contributed by atoms with E-state index in [1.54, 1.807) is 0 Å². The number of halogens is 1. The van der Waals surface area contributed by atoms with E-state index in [-0.39, 0.29) is 0 Å². The molecular weight excluding hydrogens is 226 g/mol. The highest BCUT2D eigenvalue weighted by Gasteiger charge is 2.10. The molecule has 0 aromatic carbocycles. The van der Waals surface area contributed by atoms with Crippen molar-refractivity contribution in [3.05, 3.63) is 11.4 Å². The van der Waals surface area contributed by atoms with E-state index in [0.29, 0.717) is 5.88 Å². The average Bonchev–Trinajstić information content (AvgIpc) is 2.68. The van der Waals surface area contributed by atoms with Crippen molar-refractivity contribution < 1.29 is 4.74 Å². The Kier molecular flexibility index (Phi) is 6.42. The van der Waals surface area contributed by atoms with Crippen LogP contribution >= 0.6 is 11.6 Å². The first kappa shape index (κ1) is 13.5. The van der Waals surface area contributed by atoms with Crippen molar-refractivity contribution in [3.63, 3.8) is 0 Å². The van der Waals surface area contributed by atoms with E-state index in [9.17, 15) is 0 Å². The predicted octanol–water partition coefficient (Wildman–Crippen LogP) is 2.40. The van der Waals surface area contributed by atoms with Crippen LogP contribution in [0.25, 0.3) is 0 Å². The quantitative estimate of drug-likeness (QED) is 0.522. The van der Waals surface area contributed by atoms with E-state index < -0.39 is 0 Å². The largest absolute Gasteiger partial charge is 0.382 e. The van der Waals surface area contributed by atoms with E-state index in [1.165, 1.54) is 5.69 Å². The van der Waals surface area contributed by atoms with Crippen LogP contribution in [0.2, 0.25) is 0 Å². The van der Waals surface area contributed by atoms with E-state index in [4.69, 9.17) is 16.3 Å². The second-order valence-corrected chi connectivity index (χ2v) is 3.91. The summed E-state index contributed by atoms with van der Waals surface area (Å²) in [4.78, 5) is 0. The first-order chi connectivity index (χ1) is 7.83. The second kappa shape index (κ2) is 7.63. The zero-order valence-electron chi connectivity index (χ0n) is 10.1. The smallest absolute Gasteiger partial charge is 0.101 e. The summed E-state index contributed by atoms with van der Waals surface area (Å²) in [7, 11) is 0. The van der Waals surface area contributed by atoms with E-state index in [1.807, 2.05) is 11.6 Å².